The fourth-order valence-electron chi connectivity index (χ4n) is 4.63. The molecule has 35 heavy (non-hydrogen) atoms. The van der Waals surface area contributed by atoms with E-state index in [0.29, 0.717) is 0 Å². The van der Waals surface area contributed by atoms with Gasteiger partial charge in [0.15, 0.2) is 0 Å². The molecule has 3 aromatic rings. The number of hydrogen-bond acceptors (Lipinski definition) is 2. The van der Waals surface area contributed by atoms with Crippen molar-refractivity contribution in [3.8, 4) is 28.4 Å². The first-order valence-electron chi connectivity index (χ1n) is 11.8. The molecule has 2 aliphatic heterocycles. The molecule has 2 nitrogen and oxygen atoms in total. The Hall–Kier alpha value is -4.24. The van der Waals surface area contributed by atoms with Crippen LogP contribution in [0, 0.1) is 0 Å². The van der Waals surface area contributed by atoms with Gasteiger partial charge in [-0.2, -0.15) is 0 Å². The van der Waals surface area contributed by atoms with Crippen molar-refractivity contribution in [2.24, 2.45) is 0 Å². The van der Waals surface area contributed by atoms with Crippen LogP contribution < -0.4 is 20.4 Å². The van der Waals surface area contributed by atoms with Crippen molar-refractivity contribution >= 4 is 17.6 Å². The van der Waals surface area contributed by atoms with Crippen LogP contribution in [-0.2, 0) is 0 Å². The van der Waals surface area contributed by atoms with Crippen LogP contribution in [0.5, 0.6) is 17.2 Å². The van der Waals surface area contributed by atoms with E-state index in [1.54, 1.807) is 6.08 Å². The van der Waals surface area contributed by atoms with Crippen LogP contribution >= 0.6 is 0 Å². The molecule has 0 aliphatic carbocycles. The van der Waals surface area contributed by atoms with Crippen LogP contribution in [0.15, 0.2) is 139 Å². The minimum atomic E-state index is -0.00924. The second-order valence-electron chi connectivity index (χ2n) is 8.75. The number of rotatable bonds is 6. The molecular weight excluding hydrogens is 427 g/mol. The van der Waals surface area contributed by atoms with E-state index in [9.17, 15) is 0 Å². The molecule has 0 saturated carbocycles. The molecule has 0 unspecified atom stereocenters. The van der Waals surface area contributed by atoms with Crippen molar-refractivity contribution in [1.29, 1.82) is 0 Å². The summed E-state index contributed by atoms with van der Waals surface area (Å²) in [6.07, 6.45) is 11.8. The fraction of sp³-hybridized carbons (Fsp3) is 0.0625. The SMILES string of the molecule is C=C\C=C/C=C(C)/C(C)=C/C1=C(C=C)B2c3ccc(-c4ccccc4)cc3Oc3cccc(c32)O1. The van der Waals surface area contributed by atoms with Gasteiger partial charge in [0.2, 0.25) is 0 Å². The van der Waals surface area contributed by atoms with E-state index in [1.807, 2.05) is 42.5 Å². The van der Waals surface area contributed by atoms with Crippen molar-refractivity contribution in [2.75, 3.05) is 0 Å². The van der Waals surface area contributed by atoms with Gasteiger partial charge in [-0.05, 0) is 71.3 Å². The fourth-order valence-corrected chi connectivity index (χ4v) is 4.63. The van der Waals surface area contributed by atoms with Gasteiger partial charge in [-0.3, -0.25) is 0 Å². The Labute approximate surface area is 208 Å². The van der Waals surface area contributed by atoms with Gasteiger partial charge in [0, 0.05) is 5.46 Å². The van der Waals surface area contributed by atoms with Gasteiger partial charge in [0.25, 0.3) is 6.71 Å². The lowest BCUT2D eigenvalue weighted by molar-refractivity contribution is 0.433. The Morgan fingerprint density at radius 3 is 2.29 bits per heavy atom. The van der Waals surface area contributed by atoms with Crippen molar-refractivity contribution in [2.45, 2.75) is 13.8 Å². The van der Waals surface area contributed by atoms with Gasteiger partial charge in [0.1, 0.15) is 23.0 Å². The maximum absolute atomic E-state index is 6.43. The van der Waals surface area contributed by atoms with Gasteiger partial charge < -0.3 is 9.47 Å². The maximum Gasteiger partial charge on any atom is 0.260 e. The standard InChI is InChI=1S/C32H27BO2/c1-5-7-9-13-22(3)23(4)20-30-26(6-2)33-27-19-18-25(24-14-10-8-11-15-24)21-31(27)35-29-17-12-16-28(34-30)32(29)33/h5-21H,1-2H2,3-4H3/b9-7-,22-13+,23-20+. The monoisotopic (exact) mass is 454 g/mol. The van der Waals surface area contributed by atoms with Crippen LogP contribution in [0.1, 0.15) is 13.8 Å². The first kappa shape index (κ1) is 22.6. The van der Waals surface area contributed by atoms with Gasteiger partial charge >= 0.3 is 0 Å². The molecule has 0 bridgehead atoms. The third kappa shape index (κ3) is 4.22. The van der Waals surface area contributed by atoms with Crippen molar-refractivity contribution < 1.29 is 9.47 Å². The number of benzene rings is 3. The van der Waals surface area contributed by atoms with Crippen LogP contribution in [-0.4, -0.2) is 6.71 Å². The average molecular weight is 454 g/mol. The van der Waals surface area contributed by atoms with E-state index >= 15 is 0 Å². The van der Waals surface area contributed by atoms with Gasteiger partial charge in [-0.25, -0.2) is 0 Å². The van der Waals surface area contributed by atoms with Crippen molar-refractivity contribution in [1.82, 2.24) is 0 Å². The van der Waals surface area contributed by atoms with E-state index in [-0.39, 0.29) is 6.71 Å². The Morgan fingerprint density at radius 1 is 0.771 bits per heavy atom. The Balaban J connectivity index is 1.64. The highest BCUT2D eigenvalue weighted by molar-refractivity contribution is 6.93. The van der Waals surface area contributed by atoms with Crippen LogP contribution in [0.2, 0.25) is 0 Å². The molecule has 2 aliphatic rings. The molecule has 3 heteroatoms. The molecule has 0 saturated heterocycles. The zero-order valence-corrected chi connectivity index (χ0v) is 20.1. The van der Waals surface area contributed by atoms with Crippen molar-refractivity contribution in [3.05, 3.63) is 139 Å². The molecule has 0 radical (unpaired) electrons. The molecule has 0 atom stereocenters. The quantitative estimate of drug-likeness (QED) is 0.293. The summed E-state index contributed by atoms with van der Waals surface area (Å²) < 4.78 is 12.8. The number of ether oxygens (including phenoxy) is 2. The molecule has 0 N–H and O–H groups in total. The first-order valence-corrected chi connectivity index (χ1v) is 11.8. The Kier molecular flexibility index (Phi) is 6.16. The molecule has 0 amide bonds. The average Bonchev–Trinajstić information content (AvgIpc) is 2.89. The lowest BCUT2D eigenvalue weighted by atomic mass is 9.34. The lowest BCUT2D eigenvalue weighted by Crippen LogP contribution is -2.50. The molecule has 3 aromatic carbocycles. The minimum Gasteiger partial charge on any atom is -0.458 e. The maximum atomic E-state index is 6.43. The number of hydrogen-bond donors (Lipinski definition) is 0. The van der Waals surface area contributed by atoms with E-state index in [0.717, 1.165) is 61.7 Å². The Bertz CT molecular complexity index is 1440. The molecule has 0 spiro atoms. The lowest BCUT2D eigenvalue weighted by Gasteiger charge is -2.33. The predicted molar refractivity (Wildman–Crippen MR) is 148 cm³/mol. The summed E-state index contributed by atoms with van der Waals surface area (Å²) >= 11 is 0. The third-order valence-electron chi connectivity index (χ3n) is 6.56. The second-order valence-corrected chi connectivity index (χ2v) is 8.75. The number of allylic oxidation sites excluding steroid dienone is 9. The summed E-state index contributed by atoms with van der Waals surface area (Å²) in [6.45, 7) is 12.1. The second kappa shape index (κ2) is 9.56. The summed E-state index contributed by atoms with van der Waals surface area (Å²) in [5, 5.41) is 0. The topological polar surface area (TPSA) is 18.5 Å². The summed E-state index contributed by atoms with van der Waals surface area (Å²) in [5.74, 6) is 3.33. The number of fused-ring (bicyclic) bond motifs is 2. The van der Waals surface area contributed by atoms with Crippen LogP contribution in [0.25, 0.3) is 11.1 Å². The van der Waals surface area contributed by atoms with E-state index in [4.69, 9.17) is 9.47 Å². The van der Waals surface area contributed by atoms with E-state index in [2.05, 4.69) is 81.6 Å². The highest BCUT2D eigenvalue weighted by atomic mass is 16.5. The Morgan fingerprint density at radius 2 is 1.54 bits per heavy atom. The molecule has 0 aromatic heterocycles. The normalized spacial score (nSPS) is 14.7. The molecular formula is C32H27BO2. The van der Waals surface area contributed by atoms with Crippen LogP contribution in [0.3, 0.4) is 0 Å². The predicted octanol–water partition coefficient (Wildman–Crippen LogP) is 7.07. The summed E-state index contributed by atoms with van der Waals surface area (Å²) in [4.78, 5) is 0. The van der Waals surface area contributed by atoms with E-state index < -0.39 is 0 Å². The van der Waals surface area contributed by atoms with Gasteiger partial charge in [0.05, 0.1) is 0 Å². The zero-order chi connectivity index (χ0) is 24.4. The molecule has 0 fully saturated rings. The van der Waals surface area contributed by atoms with Crippen LogP contribution in [0.4, 0.5) is 0 Å². The van der Waals surface area contributed by atoms with E-state index in [1.165, 1.54) is 0 Å². The van der Waals surface area contributed by atoms with Gasteiger partial charge in [-0.1, -0.05) is 92.1 Å². The minimum absolute atomic E-state index is 0.00924. The molecule has 170 valence electrons. The third-order valence-corrected chi connectivity index (χ3v) is 6.56. The smallest absolute Gasteiger partial charge is 0.260 e. The molecule has 5 rings (SSSR count). The molecule has 2 heterocycles. The summed E-state index contributed by atoms with van der Waals surface area (Å²) in [6, 6.07) is 22.9. The zero-order valence-electron chi connectivity index (χ0n) is 20.1. The highest BCUT2D eigenvalue weighted by Gasteiger charge is 2.40. The summed E-state index contributed by atoms with van der Waals surface area (Å²) in [7, 11) is 0. The first-order chi connectivity index (χ1) is 17.1. The largest absolute Gasteiger partial charge is 0.458 e. The van der Waals surface area contributed by atoms with Gasteiger partial charge in [-0.15, -0.1) is 0 Å². The van der Waals surface area contributed by atoms with Crippen molar-refractivity contribution in [3.63, 3.8) is 0 Å². The summed E-state index contributed by atoms with van der Waals surface area (Å²) in [5.41, 5.74) is 7.78. The highest BCUT2D eigenvalue weighted by Crippen LogP contribution is 2.37.